The predicted octanol–water partition coefficient (Wildman–Crippen LogP) is 1.90. The fraction of sp³-hybridized carbons (Fsp3) is 1.00. The number of rotatable bonds is 0. The van der Waals surface area contributed by atoms with Crippen molar-refractivity contribution in [2.24, 2.45) is 11.8 Å². The third-order valence-electron chi connectivity index (χ3n) is 3.14. The molecule has 0 spiro atoms. The molecule has 0 aromatic heterocycles. The molecule has 2 unspecified atom stereocenters. The first-order valence-electron chi connectivity index (χ1n) is 4.33. The standard InChI is InChI=1S/C8H13Br2N/c9-8(10)6-3-1-5(11)2-4-7(6)8/h5-7H,1-4,11H2/p+1. The summed E-state index contributed by atoms with van der Waals surface area (Å²) in [7, 11) is 0. The number of halogens is 2. The minimum Gasteiger partial charge on any atom is -0.355 e. The molecule has 0 amide bonds. The van der Waals surface area contributed by atoms with E-state index in [9.17, 15) is 0 Å². The van der Waals surface area contributed by atoms with E-state index in [1.165, 1.54) is 25.7 Å². The Morgan fingerprint density at radius 3 is 1.91 bits per heavy atom. The van der Waals surface area contributed by atoms with Crippen molar-refractivity contribution in [1.82, 2.24) is 0 Å². The molecule has 2 fully saturated rings. The Kier molecular flexibility index (Phi) is 2.10. The highest BCUT2D eigenvalue weighted by Gasteiger charge is 2.61. The van der Waals surface area contributed by atoms with Gasteiger partial charge in [-0.1, -0.05) is 31.9 Å². The van der Waals surface area contributed by atoms with Crippen LogP contribution in [0.2, 0.25) is 0 Å². The highest BCUT2D eigenvalue weighted by molar-refractivity contribution is 9.25. The van der Waals surface area contributed by atoms with Gasteiger partial charge in [-0.3, -0.25) is 0 Å². The van der Waals surface area contributed by atoms with E-state index in [1.807, 2.05) is 0 Å². The molecular weight excluding hydrogens is 270 g/mol. The van der Waals surface area contributed by atoms with Crippen LogP contribution in [0.4, 0.5) is 0 Å². The maximum absolute atomic E-state index is 4.13. The van der Waals surface area contributed by atoms with Crippen molar-refractivity contribution in [2.45, 2.75) is 35.0 Å². The zero-order valence-corrected chi connectivity index (χ0v) is 9.70. The van der Waals surface area contributed by atoms with Gasteiger partial charge in [0.05, 0.1) is 9.28 Å². The monoisotopic (exact) mass is 282 g/mol. The Morgan fingerprint density at radius 1 is 1.00 bits per heavy atom. The van der Waals surface area contributed by atoms with Gasteiger partial charge in [-0.25, -0.2) is 0 Å². The van der Waals surface area contributed by atoms with E-state index in [4.69, 9.17) is 0 Å². The second-order valence-corrected chi connectivity index (χ2v) is 7.60. The molecule has 2 aliphatic rings. The van der Waals surface area contributed by atoms with Crippen LogP contribution in [0.3, 0.4) is 0 Å². The Balaban J connectivity index is 1.98. The smallest absolute Gasteiger partial charge is 0.0868 e. The average molecular weight is 284 g/mol. The summed E-state index contributed by atoms with van der Waals surface area (Å²) in [5.74, 6) is 1.77. The number of hydrogen-bond donors (Lipinski definition) is 1. The van der Waals surface area contributed by atoms with Gasteiger partial charge in [0, 0.05) is 0 Å². The average Bonchev–Trinajstić information content (AvgIpc) is 2.51. The van der Waals surface area contributed by atoms with Gasteiger partial charge in [0.2, 0.25) is 0 Å². The van der Waals surface area contributed by atoms with E-state index in [0.717, 1.165) is 17.9 Å². The second-order valence-electron chi connectivity index (χ2n) is 3.91. The summed E-state index contributed by atoms with van der Waals surface area (Å²) >= 11 is 7.46. The lowest BCUT2D eigenvalue weighted by Crippen LogP contribution is -2.60. The van der Waals surface area contributed by atoms with Gasteiger partial charge in [-0.05, 0) is 37.5 Å². The zero-order chi connectivity index (χ0) is 8.06. The molecule has 2 atom stereocenters. The third kappa shape index (κ3) is 1.40. The predicted molar refractivity (Wildman–Crippen MR) is 52.7 cm³/mol. The van der Waals surface area contributed by atoms with E-state index in [0.29, 0.717) is 3.23 Å². The summed E-state index contributed by atoms with van der Waals surface area (Å²) in [6.45, 7) is 0. The van der Waals surface area contributed by atoms with Gasteiger partial charge in [0.25, 0.3) is 0 Å². The minimum atomic E-state index is 0.320. The number of alkyl halides is 2. The van der Waals surface area contributed by atoms with Crippen LogP contribution < -0.4 is 5.73 Å². The lowest BCUT2D eigenvalue weighted by molar-refractivity contribution is -0.422. The van der Waals surface area contributed by atoms with Crippen LogP contribution in [-0.2, 0) is 0 Å². The number of hydrogen-bond acceptors (Lipinski definition) is 0. The molecular formula is C8H14Br2N+. The van der Waals surface area contributed by atoms with Crippen LogP contribution in [0.25, 0.3) is 0 Å². The Hall–Kier alpha value is 0.920. The molecule has 2 saturated carbocycles. The maximum atomic E-state index is 4.13. The highest BCUT2D eigenvalue weighted by Crippen LogP contribution is 2.66. The quantitative estimate of drug-likeness (QED) is 0.658. The first kappa shape index (κ1) is 8.52. The molecule has 2 rings (SSSR count). The van der Waals surface area contributed by atoms with Crippen molar-refractivity contribution in [3.8, 4) is 0 Å². The molecule has 0 saturated heterocycles. The number of fused-ring (bicyclic) bond motifs is 1. The fourth-order valence-corrected chi connectivity index (χ4v) is 4.15. The molecule has 11 heavy (non-hydrogen) atoms. The molecule has 0 aromatic rings. The van der Waals surface area contributed by atoms with E-state index in [2.05, 4.69) is 37.6 Å². The summed E-state index contributed by atoms with van der Waals surface area (Å²) in [5.41, 5.74) is 4.13. The molecule has 0 aromatic carbocycles. The molecule has 0 heterocycles. The van der Waals surface area contributed by atoms with Crippen molar-refractivity contribution in [3.05, 3.63) is 0 Å². The number of quaternary nitrogens is 1. The van der Waals surface area contributed by atoms with E-state index < -0.39 is 0 Å². The SMILES string of the molecule is [NH3+]C1CCC2C(CC1)C2(Br)Br. The van der Waals surface area contributed by atoms with Crippen LogP contribution in [0.5, 0.6) is 0 Å². The summed E-state index contributed by atoms with van der Waals surface area (Å²) in [6.07, 6.45) is 5.35. The Bertz CT molecular complexity index is 153. The van der Waals surface area contributed by atoms with Gasteiger partial charge in [-0.2, -0.15) is 0 Å². The topological polar surface area (TPSA) is 27.6 Å². The molecule has 3 N–H and O–H groups in total. The molecule has 3 heteroatoms. The summed E-state index contributed by atoms with van der Waals surface area (Å²) < 4.78 is 0.320. The van der Waals surface area contributed by atoms with E-state index in [1.54, 1.807) is 0 Å². The third-order valence-corrected chi connectivity index (χ3v) is 5.49. The lowest BCUT2D eigenvalue weighted by atomic mass is 10.1. The van der Waals surface area contributed by atoms with Crippen LogP contribution in [-0.4, -0.2) is 9.28 Å². The minimum absolute atomic E-state index is 0.320. The van der Waals surface area contributed by atoms with Crippen LogP contribution in [0.1, 0.15) is 25.7 Å². The van der Waals surface area contributed by atoms with E-state index >= 15 is 0 Å². The molecule has 0 aliphatic heterocycles. The van der Waals surface area contributed by atoms with Gasteiger partial charge >= 0.3 is 0 Å². The summed E-state index contributed by atoms with van der Waals surface area (Å²) in [5, 5.41) is 0. The van der Waals surface area contributed by atoms with Crippen molar-refractivity contribution in [1.29, 1.82) is 0 Å². The lowest BCUT2D eigenvalue weighted by Gasteiger charge is -2.07. The zero-order valence-electron chi connectivity index (χ0n) is 6.52. The van der Waals surface area contributed by atoms with Crippen LogP contribution in [0, 0.1) is 11.8 Å². The molecule has 1 nitrogen and oxygen atoms in total. The van der Waals surface area contributed by atoms with Gasteiger partial charge in [0.15, 0.2) is 0 Å². The van der Waals surface area contributed by atoms with Crippen molar-refractivity contribution in [2.75, 3.05) is 0 Å². The molecule has 64 valence electrons. The van der Waals surface area contributed by atoms with Crippen LogP contribution >= 0.6 is 31.9 Å². The summed E-state index contributed by atoms with van der Waals surface area (Å²) in [4.78, 5) is 0. The first-order valence-corrected chi connectivity index (χ1v) is 5.92. The van der Waals surface area contributed by atoms with Crippen molar-refractivity contribution in [3.63, 3.8) is 0 Å². The van der Waals surface area contributed by atoms with Crippen LogP contribution in [0.15, 0.2) is 0 Å². The maximum Gasteiger partial charge on any atom is 0.0868 e. The Morgan fingerprint density at radius 2 is 1.45 bits per heavy atom. The van der Waals surface area contributed by atoms with Gasteiger partial charge < -0.3 is 5.73 Å². The fourth-order valence-electron chi connectivity index (χ4n) is 2.22. The van der Waals surface area contributed by atoms with Gasteiger partial charge in [-0.15, -0.1) is 0 Å². The van der Waals surface area contributed by atoms with Crippen molar-refractivity contribution >= 4 is 31.9 Å². The van der Waals surface area contributed by atoms with Gasteiger partial charge in [0.1, 0.15) is 0 Å². The van der Waals surface area contributed by atoms with Crippen molar-refractivity contribution < 1.29 is 5.73 Å². The normalized spacial score (nSPS) is 47.7. The first-order chi connectivity index (χ1) is 5.12. The molecule has 0 radical (unpaired) electrons. The second kappa shape index (κ2) is 2.71. The molecule has 2 aliphatic carbocycles. The summed E-state index contributed by atoms with van der Waals surface area (Å²) in [6, 6.07) is 0.721. The highest BCUT2D eigenvalue weighted by atomic mass is 79.9. The molecule has 0 bridgehead atoms. The largest absolute Gasteiger partial charge is 0.355 e. The Labute approximate surface area is 84.4 Å². The van der Waals surface area contributed by atoms with E-state index in [-0.39, 0.29) is 0 Å².